The van der Waals surface area contributed by atoms with E-state index in [1.54, 1.807) is 12.1 Å². The van der Waals surface area contributed by atoms with Gasteiger partial charge >= 0.3 is 0 Å². The number of sulfonamides is 1. The van der Waals surface area contributed by atoms with Crippen LogP contribution in [-0.4, -0.2) is 28.6 Å². The first kappa shape index (κ1) is 18.1. The lowest BCUT2D eigenvalue weighted by molar-refractivity contribution is 0.573. The molecular formula is C16H28N2O2S. The van der Waals surface area contributed by atoms with Crippen molar-refractivity contribution in [2.24, 2.45) is 0 Å². The number of hydrogen-bond acceptors (Lipinski definition) is 3. The van der Waals surface area contributed by atoms with Gasteiger partial charge in [-0.2, -0.15) is 0 Å². The Balaban J connectivity index is 2.47. The lowest BCUT2D eigenvalue weighted by Gasteiger charge is -2.08. The molecule has 1 rings (SSSR count). The van der Waals surface area contributed by atoms with Crippen LogP contribution in [0.2, 0.25) is 0 Å². The van der Waals surface area contributed by atoms with Gasteiger partial charge in [0.1, 0.15) is 0 Å². The highest BCUT2D eigenvalue weighted by Crippen LogP contribution is 2.12. The van der Waals surface area contributed by atoms with Gasteiger partial charge in [0.05, 0.1) is 4.90 Å². The van der Waals surface area contributed by atoms with E-state index in [2.05, 4.69) is 17.0 Å². The molecule has 0 aromatic heterocycles. The number of unbranched alkanes of at least 4 members (excludes halogenated alkanes) is 3. The molecule has 0 spiro atoms. The van der Waals surface area contributed by atoms with Crippen LogP contribution in [0.1, 0.15) is 44.6 Å². The average molecular weight is 312 g/mol. The Hall–Kier alpha value is -0.910. The zero-order valence-corrected chi connectivity index (χ0v) is 14.0. The second-order valence-electron chi connectivity index (χ2n) is 5.31. The van der Waals surface area contributed by atoms with Crippen molar-refractivity contribution in [2.75, 3.05) is 20.1 Å². The van der Waals surface area contributed by atoms with Crippen molar-refractivity contribution < 1.29 is 8.42 Å². The Labute approximate surface area is 129 Å². The van der Waals surface area contributed by atoms with Crippen molar-refractivity contribution in [2.45, 2.75) is 50.3 Å². The van der Waals surface area contributed by atoms with E-state index in [-0.39, 0.29) is 0 Å². The van der Waals surface area contributed by atoms with E-state index in [9.17, 15) is 8.42 Å². The minimum atomic E-state index is -3.35. The maximum absolute atomic E-state index is 12.1. The molecule has 0 heterocycles. The van der Waals surface area contributed by atoms with E-state index in [0.29, 0.717) is 11.4 Å². The third-order valence-corrected chi connectivity index (χ3v) is 4.93. The van der Waals surface area contributed by atoms with Crippen LogP contribution in [0.25, 0.3) is 0 Å². The van der Waals surface area contributed by atoms with Gasteiger partial charge in [0.25, 0.3) is 0 Å². The third-order valence-electron chi connectivity index (χ3n) is 3.45. The second kappa shape index (κ2) is 9.92. The lowest BCUT2D eigenvalue weighted by atomic mass is 10.1. The van der Waals surface area contributed by atoms with Crippen LogP contribution in [-0.2, 0) is 16.4 Å². The molecule has 5 heteroatoms. The summed E-state index contributed by atoms with van der Waals surface area (Å²) in [7, 11) is -1.42. The number of aryl methyl sites for hydroxylation is 1. The molecule has 0 atom stereocenters. The lowest BCUT2D eigenvalue weighted by Crippen LogP contribution is -2.24. The highest BCUT2D eigenvalue weighted by molar-refractivity contribution is 7.89. The van der Waals surface area contributed by atoms with Gasteiger partial charge in [0.15, 0.2) is 0 Å². The molecule has 0 bridgehead atoms. The summed E-state index contributed by atoms with van der Waals surface area (Å²) >= 11 is 0. The molecule has 0 radical (unpaired) electrons. The summed E-state index contributed by atoms with van der Waals surface area (Å²) < 4.78 is 26.9. The Morgan fingerprint density at radius 3 is 2.29 bits per heavy atom. The monoisotopic (exact) mass is 312 g/mol. The molecule has 2 N–H and O–H groups in total. The van der Waals surface area contributed by atoms with Gasteiger partial charge in [-0.15, -0.1) is 0 Å². The van der Waals surface area contributed by atoms with Crippen LogP contribution in [0.4, 0.5) is 0 Å². The first-order valence-electron chi connectivity index (χ1n) is 7.83. The quantitative estimate of drug-likeness (QED) is 0.618. The van der Waals surface area contributed by atoms with Crippen molar-refractivity contribution in [3.8, 4) is 0 Å². The number of rotatable bonds is 11. The van der Waals surface area contributed by atoms with E-state index in [4.69, 9.17) is 0 Å². The van der Waals surface area contributed by atoms with Gasteiger partial charge in [-0.05, 0) is 50.6 Å². The molecule has 1 aromatic carbocycles. The zero-order valence-electron chi connectivity index (χ0n) is 13.2. The fraction of sp³-hybridized carbons (Fsp3) is 0.625. The maximum Gasteiger partial charge on any atom is 0.240 e. The minimum Gasteiger partial charge on any atom is -0.320 e. The summed E-state index contributed by atoms with van der Waals surface area (Å²) in [4.78, 5) is 0.357. The fourth-order valence-electron chi connectivity index (χ4n) is 2.15. The number of nitrogens with one attached hydrogen (secondary N) is 2. The predicted molar refractivity (Wildman–Crippen MR) is 88.0 cm³/mol. The third kappa shape index (κ3) is 7.07. The molecule has 1 aromatic rings. The van der Waals surface area contributed by atoms with Crippen LogP contribution in [0.15, 0.2) is 29.2 Å². The number of hydrogen-bond donors (Lipinski definition) is 2. The van der Waals surface area contributed by atoms with Crippen LogP contribution in [0, 0.1) is 0 Å². The smallest absolute Gasteiger partial charge is 0.240 e. The van der Waals surface area contributed by atoms with E-state index in [0.717, 1.165) is 45.1 Å². The summed E-state index contributed by atoms with van der Waals surface area (Å²) in [6, 6.07) is 7.20. The Bertz CT molecular complexity index is 484. The molecular weight excluding hydrogens is 284 g/mol. The van der Waals surface area contributed by atoms with Crippen LogP contribution >= 0.6 is 0 Å². The molecule has 0 aliphatic heterocycles. The molecule has 120 valence electrons. The average Bonchev–Trinajstić information content (AvgIpc) is 2.48. The molecule has 0 saturated carbocycles. The van der Waals surface area contributed by atoms with E-state index in [1.807, 2.05) is 19.2 Å². The van der Waals surface area contributed by atoms with E-state index in [1.165, 1.54) is 5.56 Å². The van der Waals surface area contributed by atoms with Crippen LogP contribution in [0.5, 0.6) is 0 Å². The van der Waals surface area contributed by atoms with Crippen molar-refractivity contribution >= 4 is 10.0 Å². The highest BCUT2D eigenvalue weighted by atomic mass is 32.2. The van der Waals surface area contributed by atoms with E-state index >= 15 is 0 Å². The Morgan fingerprint density at radius 2 is 1.67 bits per heavy atom. The van der Waals surface area contributed by atoms with Gasteiger partial charge in [-0.1, -0.05) is 38.3 Å². The SMILES string of the molecule is CCCCCCNS(=O)(=O)c1ccc(CCCNC)cc1. The standard InChI is InChI=1S/C16H28N2O2S/c1-3-4-5-6-14-18-21(19,20)16-11-9-15(10-12-16)8-7-13-17-2/h9-12,17-18H,3-8,13-14H2,1-2H3. The van der Waals surface area contributed by atoms with Crippen molar-refractivity contribution in [1.82, 2.24) is 10.0 Å². The van der Waals surface area contributed by atoms with Gasteiger partial charge in [0.2, 0.25) is 10.0 Å². The number of benzene rings is 1. The molecule has 0 aliphatic carbocycles. The van der Waals surface area contributed by atoms with Crippen molar-refractivity contribution in [3.05, 3.63) is 29.8 Å². The first-order valence-corrected chi connectivity index (χ1v) is 9.31. The minimum absolute atomic E-state index is 0.357. The predicted octanol–water partition coefficient (Wildman–Crippen LogP) is 2.70. The maximum atomic E-state index is 12.1. The summed E-state index contributed by atoms with van der Waals surface area (Å²) in [5.74, 6) is 0. The van der Waals surface area contributed by atoms with Gasteiger partial charge < -0.3 is 5.32 Å². The summed E-state index contributed by atoms with van der Waals surface area (Å²) in [5.41, 5.74) is 1.17. The van der Waals surface area contributed by atoms with Gasteiger partial charge in [-0.25, -0.2) is 13.1 Å². The molecule has 0 unspecified atom stereocenters. The molecule has 0 saturated heterocycles. The van der Waals surface area contributed by atoms with E-state index < -0.39 is 10.0 Å². The molecule has 21 heavy (non-hydrogen) atoms. The Morgan fingerprint density at radius 1 is 0.952 bits per heavy atom. The molecule has 0 aliphatic rings. The largest absolute Gasteiger partial charge is 0.320 e. The highest BCUT2D eigenvalue weighted by Gasteiger charge is 2.12. The first-order chi connectivity index (χ1) is 10.1. The molecule has 0 amide bonds. The molecule has 4 nitrogen and oxygen atoms in total. The summed E-state index contributed by atoms with van der Waals surface area (Å²) in [5, 5.41) is 3.11. The summed E-state index contributed by atoms with van der Waals surface area (Å²) in [6.45, 7) is 3.63. The van der Waals surface area contributed by atoms with Gasteiger partial charge in [-0.3, -0.25) is 0 Å². The summed E-state index contributed by atoms with van der Waals surface area (Å²) in [6.07, 6.45) is 6.30. The topological polar surface area (TPSA) is 58.2 Å². The fourth-order valence-corrected chi connectivity index (χ4v) is 3.22. The van der Waals surface area contributed by atoms with Crippen molar-refractivity contribution in [1.29, 1.82) is 0 Å². The second-order valence-corrected chi connectivity index (χ2v) is 7.08. The normalized spacial score (nSPS) is 11.7. The van der Waals surface area contributed by atoms with Crippen molar-refractivity contribution in [3.63, 3.8) is 0 Å². The van der Waals surface area contributed by atoms with Gasteiger partial charge in [0, 0.05) is 6.54 Å². The van der Waals surface area contributed by atoms with Crippen LogP contribution in [0.3, 0.4) is 0 Å². The van der Waals surface area contributed by atoms with Crippen LogP contribution < -0.4 is 10.0 Å². The molecule has 0 fully saturated rings. The Kier molecular flexibility index (Phi) is 8.57. The zero-order chi connectivity index (χ0) is 15.6.